The van der Waals surface area contributed by atoms with E-state index in [1.807, 2.05) is 0 Å². The zero-order valence-corrected chi connectivity index (χ0v) is 11.6. The van der Waals surface area contributed by atoms with Crippen molar-refractivity contribution in [1.82, 2.24) is 4.98 Å². The molecule has 1 aromatic heterocycles. The summed E-state index contributed by atoms with van der Waals surface area (Å²) in [6, 6.07) is 6.40. The van der Waals surface area contributed by atoms with E-state index in [4.69, 9.17) is 6.42 Å². The van der Waals surface area contributed by atoms with Crippen LogP contribution in [0.3, 0.4) is 0 Å². The third kappa shape index (κ3) is 2.48. The number of aryl methyl sites for hydroxylation is 1. The van der Waals surface area contributed by atoms with Gasteiger partial charge in [0.25, 0.3) is 0 Å². The van der Waals surface area contributed by atoms with Crippen LogP contribution >= 0.6 is 0 Å². The number of para-hydroxylation sites is 1. The second-order valence-corrected chi connectivity index (χ2v) is 5.16. The Balaban J connectivity index is 2.44. The van der Waals surface area contributed by atoms with Gasteiger partial charge < -0.3 is 5.32 Å². The summed E-state index contributed by atoms with van der Waals surface area (Å²) in [5, 5.41) is 3.38. The quantitative estimate of drug-likeness (QED) is 0.851. The van der Waals surface area contributed by atoms with Crippen LogP contribution in [-0.2, 0) is 4.79 Å². The van der Waals surface area contributed by atoms with E-state index in [1.165, 1.54) is 6.07 Å². The van der Waals surface area contributed by atoms with Gasteiger partial charge in [0, 0.05) is 5.39 Å². The summed E-state index contributed by atoms with van der Waals surface area (Å²) in [6.07, 6.45) is 5.33. The highest BCUT2D eigenvalue weighted by molar-refractivity contribution is 5.98. The maximum atomic E-state index is 13.6. The van der Waals surface area contributed by atoms with E-state index in [2.05, 4.69) is 16.2 Å². The molecule has 0 unspecified atom stereocenters. The smallest absolute Gasteiger partial charge is 0.242 e. The Bertz CT molecular complexity index is 729. The lowest BCUT2D eigenvalue weighted by Gasteiger charge is -2.18. The molecular formula is C16H15FN2O. The van der Waals surface area contributed by atoms with Gasteiger partial charge in [0.1, 0.15) is 16.7 Å². The van der Waals surface area contributed by atoms with E-state index in [0.29, 0.717) is 22.3 Å². The van der Waals surface area contributed by atoms with Crippen LogP contribution < -0.4 is 5.32 Å². The van der Waals surface area contributed by atoms with Crippen LogP contribution in [0.1, 0.15) is 19.5 Å². The third-order valence-electron chi connectivity index (χ3n) is 3.16. The van der Waals surface area contributed by atoms with E-state index in [9.17, 15) is 9.18 Å². The van der Waals surface area contributed by atoms with Crippen LogP contribution in [0, 0.1) is 30.5 Å². The largest absolute Gasteiger partial charge is 0.323 e. The molecule has 0 fully saturated rings. The average molecular weight is 270 g/mol. The zero-order valence-electron chi connectivity index (χ0n) is 11.6. The number of pyridine rings is 1. The summed E-state index contributed by atoms with van der Waals surface area (Å²) in [5.74, 6) is 1.76. The molecule has 0 spiro atoms. The van der Waals surface area contributed by atoms with Crippen LogP contribution in [0.25, 0.3) is 10.9 Å². The molecule has 0 bridgehead atoms. The molecule has 0 atom stereocenters. The van der Waals surface area contributed by atoms with E-state index in [0.717, 1.165) is 0 Å². The van der Waals surface area contributed by atoms with Gasteiger partial charge >= 0.3 is 0 Å². The molecule has 0 aliphatic carbocycles. The van der Waals surface area contributed by atoms with Crippen molar-refractivity contribution in [3.63, 3.8) is 0 Å². The zero-order chi connectivity index (χ0) is 14.9. The van der Waals surface area contributed by atoms with Crippen molar-refractivity contribution in [2.75, 3.05) is 5.32 Å². The fraction of sp³-hybridized carbons (Fsp3) is 0.250. The van der Waals surface area contributed by atoms with E-state index >= 15 is 0 Å². The number of rotatable bonds is 2. The number of benzene rings is 1. The SMILES string of the molecule is C#CC(C)(C)C(=O)Nc1cc2cccc(F)c2nc1C. The van der Waals surface area contributed by atoms with Gasteiger partial charge in [-0.25, -0.2) is 9.37 Å². The Morgan fingerprint density at radius 2 is 2.15 bits per heavy atom. The number of terminal acetylenes is 1. The fourth-order valence-corrected chi connectivity index (χ4v) is 1.72. The van der Waals surface area contributed by atoms with Crippen LogP contribution in [0.15, 0.2) is 24.3 Å². The Morgan fingerprint density at radius 1 is 1.45 bits per heavy atom. The van der Waals surface area contributed by atoms with Crippen molar-refractivity contribution >= 4 is 22.5 Å². The second-order valence-electron chi connectivity index (χ2n) is 5.16. The van der Waals surface area contributed by atoms with Gasteiger partial charge in [-0.05, 0) is 32.9 Å². The van der Waals surface area contributed by atoms with Gasteiger partial charge in [0.05, 0.1) is 11.4 Å². The van der Waals surface area contributed by atoms with E-state index in [1.54, 1.807) is 39.0 Å². The Labute approximate surface area is 117 Å². The number of hydrogen-bond acceptors (Lipinski definition) is 2. The Kier molecular flexibility index (Phi) is 3.46. The minimum Gasteiger partial charge on any atom is -0.323 e. The van der Waals surface area contributed by atoms with Crippen molar-refractivity contribution < 1.29 is 9.18 Å². The molecule has 3 nitrogen and oxygen atoms in total. The highest BCUT2D eigenvalue weighted by atomic mass is 19.1. The number of nitrogens with one attached hydrogen (secondary N) is 1. The molecule has 1 aromatic carbocycles. The Hall–Kier alpha value is -2.41. The summed E-state index contributed by atoms with van der Waals surface area (Å²) in [4.78, 5) is 16.3. The van der Waals surface area contributed by atoms with Crippen molar-refractivity contribution in [3.05, 3.63) is 35.8 Å². The molecule has 1 heterocycles. The number of carbonyl (C=O) groups is 1. The minimum absolute atomic E-state index is 0.291. The second kappa shape index (κ2) is 4.93. The Morgan fingerprint density at radius 3 is 2.80 bits per heavy atom. The summed E-state index contributed by atoms with van der Waals surface area (Å²) >= 11 is 0. The highest BCUT2D eigenvalue weighted by Crippen LogP contribution is 2.24. The predicted molar refractivity (Wildman–Crippen MR) is 77.7 cm³/mol. The third-order valence-corrected chi connectivity index (χ3v) is 3.16. The van der Waals surface area contributed by atoms with Crippen LogP contribution in [0.4, 0.5) is 10.1 Å². The normalized spacial score (nSPS) is 11.2. The number of aromatic nitrogens is 1. The lowest BCUT2D eigenvalue weighted by atomic mass is 9.93. The maximum Gasteiger partial charge on any atom is 0.242 e. The number of hydrogen-bond donors (Lipinski definition) is 1. The molecular weight excluding hydrogens is 255 g/mol. The van der Waals surface area contributed by atoms with Gasteiger partial charge in [-0.2, -0.15) is 0 Å². The van der Waals surface area contributed by atoms with Crippen molar-refractivity contribution in [1.29, 1.82) is 0 Å². The molecule has 102 valence electrons. The highest BCUT2D eigenvalue weighted by Gasteiger charge is 2.25. The molecule has 0 aliphatic rings. The molecule has 0 saturated carbocycles. The number of carbonyl (C=O) groups excluding carboxylic acids is 1. The molecule has 1 N–H and O–H groups in total. The predicted octanol–water partition coefficient (Wildman–Crippen LogP) is 3.28. The van der Waals surface area contributed by atoms with E-state index < -0.39 is 5.41 Å². The summed E-state index contributed by atoms with van der Waals surface area (Å²) in [7, 11) is 0. The van der Waals surface area contributed by atoms with Gasteiger partial charge in [-0.1, -0.05) is 18.1 Å². The number of amides is 1. The summed E-state index contributed by atoms with van der Waals surface area (Å²) in [6.45, 7) is 5.03. The molecule has 1 amide bonds. The van der Waals surface area contributed by atoms with Crippen LogP contribution in [0.5, 0.6) is 0 Å². The first-order chi connectivity index (χ1) is 9.35. The fourth-order valence-electron chi connectivity index (χ4n) is 1.72. The summed E-state index contributed by atoms with van der Waals surface area (Å²) < 4.78 is 13.6. The van der Waals surface area contributed by atoms with E-state index in [-0.39, 0.29) is 11.7 Å². The van der Waals surface area contributed by atoms with Crippen molar-refractivity contribution in [2.24, 2.45) is 5.41 Å². The lowest BCUT2D eigenvalue weighted by Crippen LogP contribution is -2.29. The first-order valence-electron chi connectivity index (χ1n) is 6.20. The van der Waals surface area contributed by atoms with Gasteiger partial charge in [0.15, 0.2) is 0 Å². The summed E-state index contributed by atoms with van der Waals surface area (Å²) in [5.41, 5.74) is 0.461. The maximum absolute atomic E-state index is 13.6. The van der Waals surface area contributed by atoms with Gasteiger partial charge in [0.2, 0.25) is 5.91 Å². The van der Waals surface area contributed by atoms with Gasteiger partial charge in [-0.3, -0.25) is 4.79 Å². The van der Waals surface area contributed by atoms with Crippen molar-refractivity contribution in [3.8, 4) is 12.3 Å². The number of anilines is 1. The first kappa shape index (κ1) is 14.0. The molecule has 2 rings (SSSR count). The first-order valence-corrected chi connectivity index (χ1v) is 6.20. The topological polar surface area (TPSA) is 42.0 Å². The van der Waals surface area contributed by atoms with Crippen molar-refractivity contribution in [2.45, 2.75) is 20.8 Å². The average Bonchev–Trinajstić information content (AvgIpc) is 2.40. The molecule has 20 heavy (non-hydrogen) atoms. The molecule has 2 aromatic rings. The standard InChI is InChI=1S/C16H15FN2O/c1-5-16(3,4)15(20)19-13-9-11-7-6-8-12(17)14(11)18-10(13)2/h1,6-9H,2-4H3,(H,19,20). The van der Waals surface area contributed by atoms with Crippen LogP contribution in [-0.4, -0.2) is 10.9 Å². The monoisotopic (exact) mass is 270 g/mol. The molecule has 0 saturated heterocycles. The number of nitrogens with zero attached hydrogens (tertiary/aromatic N) is 1. The molecule has 0 radical (unpaired) electrons. The van der Waals surface area contributed by atoms with Gasteiger partial charge in [-0.15, -0.1) is 6.42 Å². The molecule has 0 aliphatic heterocycles. The number of fused-ring (bicyclic) bond motifs is 1. The van der Waals surface area contributed by atoms with Crippen LogP contribution in [0.2, 0.25) is 0 Å². The molecule has 4 heteroatoms. The minimum atomic E-state index is -0.913. The lowest BCUT2D eigenvalue weighted by molar-refractivity contribution is -0.121. The number of halogens is 1.